The first-order valence-electron chi connectivity index (χ1n) is 11.9. The zero-order valence-electron chi connectivity index (χ0n) is 19.5. The quantitative estimate of drug-likeness (QED) is 0.548. The van der Waals surface area contributed by atoms with Crippen molar-refractivity contribution < 1.29 is 22.7 Å². The van der Waals surface area contributed by atoms with Gasteiger partial charge in [-0.15, -0.1) is 11.3 Å². The Morgan fingerprint density at radius 3 is 2.53 bits per heavy atom. The SMILES string of the molecule is COC(=O)c1c(NC(=O)C2CCN(S(=O)(=O)CCCc3ccccc3)CC2)sc2c1CCCC2. The Morgan fingerprint density at radius 2 is 1.82 bits per heavy atom. The van der Waals surface area contributed by atoms with E-state index in [0.717, 1.165) is 48.1 Å². The highest BCUT2D eigenvalue weighted by atomic mass is 32.2. The average molecular weight is 505 g/mol. The fraction of sp³-hybridized carbons (Fsp3) is 0.520. The van der Waals surface area contributed by atoms with Crippen LogP contribution in [0.25, 0.3) is 0 Å². The lowest BCUT2D eigenvalue weighted by atomic mass is 9.95. The van der Waals surface area contributed by atoms with E-state index in [9.17, 15) is 18.0 Å². The number of aryl methyl sites for hydroxylation is 2. The van der Waals surface area contributed by atoms with Crippen LogP contribution in [0.3, 0.4) is 0 Å². The number of thiophene rings is 1. The van der Waals surface area contributed by atoms with E-state index in [1.54, 1.807) is 0 Å². The highest BCUT2D eigenvalue weighted by Crippen LogP contribution is 2.39. The second kappa shape index (κ2) is 11.0. The molecule has 1 amide bonds. The highest BCUT2D eigenvalue weighted by Gasteiger charge is 2.33. The summed E-state index contributed by atoms with van der Waals surface area (Å²) in [5.74, 6) is -0.724. The summed E-state index contributed by atoms with van der Waals surface area (Å²) in [6, 6.07) is 9.88. The van der Waals surface area contributed by atoms with E-state index < -0.39 is 16.0 Å². The number of sulfonamides is 1. The van der Waals surface area contributed by atoms with E-state index in [1.807, 2.05) is 30.3 Å². The van der Waals surface area contributed by atoms with Gasteiger partial charge < -0.3 is 10.1 Å². The normalized spacial score (nSPS) is 17.2. The van der Waals surface area contributed by atoms with Gasteiger partial charge in [0.2, 0.25) is 15.9 Å². The fourth-order valence-electron chi connectivity index (χ4n) is 4.81. The van der Waals surface area contributed by atoms with Crippen LogP contribution >= 0.6 is 11.3 Å². The molecule has 0 spiro atoms. The van der Waals surface area contributed by atoms with Gasteiger partial charge in [0, 0.05) is 23.9 Å². The van der Waals surface area contributed by atoms with Crippen LogP contribution < -0.4 is 5.32 Å². The summed E-state index contributed by atoms with van der Waals surface area (Å²) in [6.45, 7) is 0.688. The van der Waals surface area contributed by atoms with Crippen LogP contribution in [0.1, 0.15) is 58.5 Å². The first-order chi connectivity index (χ1) is 16.4. The molecule has 0 saturated carbocycles. The number of carbonyl (C=O) groups is 2. The molecular weight excluding hydrogens is 472 g/mol. The lowest BCUT2D eigenvalue weighted by Crippen LogP contribution is -2.42. The van der Waals surface area contributed by atoms with Crippen molar-refractivity contribution in [1.82, 2.24) is 4.31 Å². The highest BCUT2D eigenvalue weighted by molar-refractivity contribution is 7.89. The van der Waals surface area contributed by atoms with Crippen LogP contribution in [0.4, 0.5) is 5.00 Å². The van der Waals surface area contributed by atoms with Gasteiger partial charge in [-0.2, -0.15) is 0 Å². The largest absolute Gasteiger partial charge is 0.465 e. The van der Waals surface area contributed by atoms with Crippen molar-refractivity contribution in [2.24, 2.45) is 5.92 Å². The number of fused-ring (bicyclic) bond motifs is 1. The molecule has 2 aliphatic rings. The molecule has 0 atom stereocenters. The fourth-order valence-corrected chi connectivity index (χ4v) is 7.63. The number of methoxy groups -OCH3 is 1. The average Bonchev–Trinajstić information content (AvgIpc) is 3.22. The van der Waals surface area contributed by atoms with Gasteiger partial charge in [0.1, 0.15) is 5.00 Å². The maximum atomic E-state index is 13.0. The number of nitrogens with zero attached hydrogens (tertiary/aromatic N) is 1. The number of hydrogen-bond donors (Lipinski definition) is 1. The van der Waals surface area contributed by atoms with Gasteiger partial charge in [-0.1, -0.05) is 30.3 Å². The maximum Gasteiger partial charge on any atom is 0.341 e. The molecule has 1 aliphatic carbocycles. The number of hydrogen-bond acceptors (Lipinski definition) is 6. The summed E-state index contributed by atoms with van der Waals surface area (Å²) in [5, 5.41) is 3.54. The number of piperidine rings is 1. The third-order valence-electron chi connectivity index (χ3n) is 6.73. The zero-order valence-corrected chi connectivity index (χ0v) is 21.2. The maximum absolute atomic E-state index is 13.0. The van der Waals surface area contributed by atoms with Gasteiger partial charge in [-0.3, -0.25) is 4.79 Å². The Labute approximate surface area is 205 Å². The first-order valence-corrected chi connectivity index (χ1v) is 14.4. The van der Waals surface area contributed by atoms with Crippen molar-refractivity contribution in [3.05, 3.63) is 51.9 Å². The summed E-state index contributed by atoms with van der Waals surface area (Å²) in [5.41, 5.74) is 2.64. The molecule has 7 nitrogen and oxygen atoms in total. The van der Waals surface area contributed by atoms with E-state index in [0.29, 0.717) is 42.9 Å². The van der Waals surface area contributed by atoms with Gasteiger partial charge in [0.15, 0.2) is 0 Å². The number of amides is 1. The molecule has 1 saturated heterocycles. The summed E-state index contributed by atoms with van der Waals surface area (Å²) < 4.78 is 32.1. The molecule has 1 fully saturated rings. The second-order valence-corrected chi connectivity index (χ2v) is 12.2. The topological polar surface area (TPSA) is 92.8 Å². The minimum Gasteiger partial charge on any atom is -0.465 e. The van der Waals surface area contributed by atoms with Gasteiger partial charge in [-0.25, -0.2) is 17.5 Å². The zero-order chi connectivity index (χ0) is 24.1. The number of nitrogens with one attached hydrogen (secondary N) is 1. The molecule has 34 heavy (non-hydrogen) atoms. The molecule has 0 bridgehead atoms. The van der Waals surface area contributed by atoms with E-state index in [1.165, 1.54) is 22.8 Å². The van der Waals surface area contributed by atoms with Crippen LogP contribution in [0.2, 0.25) is 0 Å². The number of anilines is 1. The number of benzene rings is 1. The van der Waals surface area contributed by atoms with E-state index >= 15 is 0 Å². The minimum absolute atomic E-state index is 0.113. The molecule has 1 aromatic heterocycles. The summed E-state index contributed by atoms with van der Waals surface area (Å²) in [7, 11) is -1.98. The van der Waals surface area contributed by atoms with Crippen LogP contribution in [-0.2, 0) is 38.8 Å². The molecule has 2 heterocycles. The molecule has 0 unspecified atom stereocenters. The number of esters is 1. The Balaban J connectivity index is 1.32. The first kappa shape index (κ1) is 24.9. The van der Waals surface area contributed by atoms with E-state index in [4.69, 9.17) is 4.74 Å². The Bertz CT molecular complexity index is 1120. The third kappa shape index (κ3) is 5.70. The summed E-state index contributed by atoms with van der Waals surface area (Å²) in [6.07, 6.45) is 6.11. The molecule has 9 heteroatoms. The smallest absolute Gasteiger partial charge is 0.341 e. The van der Waals surface area contributed by atoms with Crippen LogP contribution in [-0.4, -0.2) is 50.6 Å². The Hall–Kier alpha value is -2.23. The molecular formula is C25H32N2O5S2. The lowest BCUT2D eigenvalue weighted by Gasteiger charge is -2.30. The van der Waals surface area contributed by atoms with Crippen LogP contribution in [0.15, 0.2) is 30.3 Å². The van der Waals surface area contributed by atoms with Gasteiger partial charge in [0.25, 0.3) is 0 Å². The predicted molar refractivity (Wildman–Crippen MR) is 134 cm³/mol. The third-order valence-corrected chi connectivity index (χ3v) is 9.89. The molecule has 184 valence electrons. The van der Waals surface area contributed by atoms with E-state index in [-0.39, 0.29) is 17.6 Å². The van der Waals surface area contributed by atoms with E-state index in [2.05, 4.69) is 5.32 Å². The molecule has 2 aromatic rings. The van der Waals surface area contributed by atoms with Crippen molar-refractivity contribution in [2.45, 2.75) is 51.4 Å². The molecule has 1 N–H and O–H groups in total. The number of ether oxygens (including phenoxy) is 1. The standard InChI is InChI=1S/C25H32N2O5S2/c1-32-25(29)22-20-11-5-6-12-21(20)33-24(22)26-23(28)19-13-15-27(16-14-19)34(30,31)17-7-10-18-8-3-2-4-9-18/h2-4,8-9,19H,5-7,10-17H2,1H3,(H,26,28). The molecule has 4 rings (SSSR count). The summed E-state index contributed by atoms with van der Waals surface area (Å²) >= 11 is 1.47. The van der Waals surface area contributed by atoms with Crippen molar-refractivity contribution in [1.29, 1.82) is 0 Å². The number of rotatable bonds is 8. The monoisotopic (exact) mass is 504 g/mol. The van der Waals surface area contributed by atoms with Crippen molar-refractivity contribution in [3.63, 3.8) is 0 Å². The Kier molecular flexibility index (Phi) is 8.06. The predicted octanol–water partition coefficient (Wildman–Crippen LogP) is 4.03. The van der Waals surface area contributed by atoms with Crippen molar-refractivity contribution >= 4 is 38.2 Å². The van der Waals surface area contributed by atoms with Crippen molar-refractivity contribution in [2.75, 3.05) is 31.3 Å². The van der Waals surface area contributed by atoms with Gasteiger partial charge in [0.05, 0.1) is 18.4 Å². The number of carbonyl (C=O) groups excluding carboxylic acids is 2. The van der Waals surface area contributed by atoms with Crippen LogP contribution in [0.5, 0.6) is 0 Å². The Morgan fingerprint density at radius 1 is 1.12 bits per heavy atom. The molecule has 1 aliphatic heterocycles. The van der Waals surface area contributed by atoms with Crippen molar-refractivity contribution in [3.8, 4) is 0 Å². The van der Waals surface area contributed by atoms with Gasteiger partial charge in [-0.05, 0) is 62.5 Å². The van der Waals surface area contributed by atoms with Gasteiger partial charge >= 0.3 is 5.97 Å². The second-order valence-electron chi connectivity index (χ2n) is 8.97. The molecule has 1 aromatic carbocycles. The molecule has 0 radical (unpaired) electrons. The minimum atomic E-state index is -3.34. The van der Waals surface area contributed by atoms with Crippen LogP contribution in [0, 0.1) is 5.92 Å². The summed E-state index contributed by atoms with van der Waals surface area (Å²) in [4.78, 5) is 26.6. The lowest BCUT2D eigenvalue weighted by molar-refractivity contribution is -0.120.